The monoisotopic (exact) mass is 378 g/mol. The Morgan fingerprint density at radius 2 is 2.09 bits per heavy atom. The summed E-state index contributed by atoms with van der Waals surface area (Å²) < 4.78 is 6.62. The predicted octanol–water partition coefficient (Wildman–Crippen LogP) is 5.25. The maximum Gasteiger partial charge on any atom is 0.410 e. The van der Waals surface area contributed by atoms with E-state index in [4.69, 9.17) is 4.74 Å². The Bertz CT molecular complexity index is 732. The number of hydrogen-bond donors (Lipinski definition) is 1. The molecule has 1 aliphatic rings. The van der Waals surface area contributed by atoms with Gasteiger partial charge in [-0.3, -0.25) is 4.90 Å². The lowest BCUT2D eigenvalue weighted by molar-refractivity contribution is 0.0218. The van der Waals surface area contributed by atoms with Gasteiger partial charge in [-0.05, 0) is 56.7 Å². The molecule has 0 radical (unpaired) electrons. The van der Waals surface area contributed by atoms with E-state index in [1.165, 1.54) is 0 Å². The van der Waals surface area contributed by atoms with Crippen LogP contribution in [0.2, 0.25) is 0 Å². The van der Waals surface area contributed by atoms with Crippen LogP contribution in [0.1, 0.15) is 45.9 Å². The Kier molecular flexibility index (Phi) is 4.17. The number of likely N-dealkylation sites (tertiary alicyclic amines) is 1. The number of ether oxygens (including phenoxy) is 1. The van der Waals surface area contributed by atoms with Crippen molar-refractivity contribution < 1.29 is 9.53 Å². The molecular formula is C18H23BrN2O2. The quantitative estimate of drug-likeness (QED) is 0.736. The zero-order valence-corrected chi connectivity index (χ0v) is 15.6. The van der Waals surface area contributed by atoms with Crippen LogP contribution in [0.4, 0.5) is 4.79 Å². The van der Waals surface area contributed by atoms with E-state index in [-0.39, 0.29) is 12.1 Å². The highest BCUT2D eigenvalue weighted by atomic mass is 79.9. The van der Waals surface area contributed by atoms with Crippen molar-refractivity contribution in [2.24, 2.45) is 5.92 Å². The van der Waals surface area contributed by atoms with Crippen molar-refractivity contribution in [1.82, 2.24) is 9.88 Å². The van der Waals surface area contributed by atoms with Crippen LogP contribution in [0.25, 0.3) is 10.9 Å². The molecule has 1 aromatic carbocycles. The third-order valence-electron chi connectivity index (χ3n) is 4.10. The molecule has 0 saturated carbocycles. The van der Waals surface area contributed by atoms with E-state index in [0.29, 0.717) is 5.92 Å². The van der Waals surface area contributed by atoms with Gasteiger partial charge in [0.25, 0.3) is 0 Å². The first-order chi connectivity index (χ1) is 10.7. The summed E-state index contributed by atoms with van der Waals surface area (Å²) in [6, 6.07) is 8.36. The predicted molar refractivity (Wildman–Crippen MR) is 95.5 cm³/mol. The van der Waals surface area contributed by atoms with E-state index < -0.39 is 5.60 Å². The van der Waals surface area contributed by atoms with Gasteiger partial charge in [0.2, 0.25) is 0 Å². The topological polar surface area (TPSA) is 45.3 Å². The van der Waals surface area contributed by atoms with Gasteiger partial charge in [0.1, 0.15) is 5.60 Å². The second kappa shape index (κ2) is 5.86. The number of amides is 1. The highest BCUT2D eigenvalue weighted by Gasteiger charge is 2.37. The number of nitrogens with one attached hydrogen (secondary N) is 1. The smallest absolute Gasteiger partial charge is 0.410 e. The fraction of sp³-hybridized carbons (Fsp3) is 0.500. The van der Waals surface area contributed by atoms with Crippen molar-refractivity contribution in [3.05, 3.63) is 34.4 Å². The number of benzene rings is 1. The number of carbonyl (C=O) groups is 1. The average Bonchev–Trinajstić information content (AvgIpc) is 2.99. The second-order valence-corrected chi connectivity index (χ2v) is 8.36. The molecule has 2 atom stereocenters. The van der Waals surface area contributed by atoms with E-state index >= 15 is 0 Å². The minimum Gasteiger partial charge on any atom is -0.444 e. The van der Waals surface area contributed by atoms with Gasteiger partial charge in [0, 0.05) is 22.2 Å². The molecule has 2 unspecified atom stereocenters. The van der Waals surface area contributed by atoms with Gasteiger partial charge in [-0.25, -0.2) is 4.79 Å². The molecule has 2 heterocycles. The SMILES string of the molecule is CC1CC(c2cc3ccc(Br)cc3[nH]2)N(C(=O)OC(C)(C)C)C1. The van der Waals surface area contributed by atoms with E-state index in [1.807, 2.05) is 31.7 Å². The number of hydrogen-bond acceptors (Lipinski definition) is 2. The maximum absolute atomic E-state index is 12.5. The number of carbonyl (C=O) groups excluding carboxylic acids is 1. The van der Waals surface area contributed by atoms with Crippen molar-refractivity contribution in [2.45, 2.75) is 45.8 Å². The standard InChI is InChI=1S/C18H23BrN2O2/c1-11-7-16(21(10-11)17(22)23-18(2,3)4)15-8-12-5-6-13(19)9-14(12)20-15/h5-6,8-9,11,16,20H,7,10H2,1-4H3. The molecule has 1 aromatic heterocycles. The molecular weight excluding hydrogens is 356 g/mol. The average molecular weight is 379 g/mol. The molecule has 5 heteroatoms. The molecule has 4 nitrogen and oxygen atoms in total. The van der Waals surface area contributed by atoms with Gasteiger partial charge in [-0.2, -0.15) is 0 Å². The Labute approximate surface area is 145 Å². The van der Waals surface area contributed by atoms with Gasteiger partial charge >= 0.3 is 6.09 Å². The molecule has 1 N–H and O–H groups in total. The molecule has 2 aromatic rings. The zero-order valence-electron chi connectivity index (χ0n) is 14.0. The molecule has 23 heavy (non-hydrogen) atoms. The minimum absolute atomic E-state index is 0.0472. The third-order valence-corrected chi connectivity index (χ3v) is 4.60. The first kappa shape index (κ1) is 16.4. The highest BCUT2D eigenvalue weighted by molar-refractivity contribution is 9.10. The number of aromatic amines is 1. The Morgan fingerprint density at radius 1 is 1.35 bits per heavy atom. The molecule has 124 valence electrons. The van der Waals surface area contributed by atoms with Gasteiger partial charge in [-0.1, -0.05) is 28.9 Å². The highest BCUT2D eigenvalue weighted by Crippen LogP contribution is 2.37. The summed E-state index contributed by atoms with van der Waals surface area (Å²) in [5.41, 5.74) is 1.69. The first-order valence-corrected chi connectivity index (χ1v) is 8.80. The number of halogens is 1. The molecule has 1 aliphatic heterocycles. The summed E-state index contributed by atoms with van der Waals surface area (Å²) in [5, 5.41) is 1.16. The van der Waals surface area contributed by atoms with E-state index in [1.54, 1.807) is 0 Å². The van der Waals surface area contributed by atoms with Gasteiger partial charge in [-0.15, -0.1) is 0 Å². The molecule has 1 fully saturated rings. The van der Waals surface area contributed by atoms with Gasteiger partial charge < -0.3 is 9.72 Å². The number of nitrogens with zero attached hydrogens (tertiary/aromatic N) is 1. The summed E-state index contributed by atoms with van der Waals surface area (Å²) in [6.45, 7) is 8.62. The summed E-state index contributed by atoms with van der Waals surface area (Å²) in [4.78, 5) is 17.9. The van der Waals surface area contributed by atoms with E-state index in [0.717, 1.165) is 34.0 Å². The Balaban J connectivity index is 1.90. The Morgan fingerprint density at radius 3 is 2.78 bits per heavy atom. The van der Waals surface area contributed by atoms with Crippen LogP contribution in [-0.2, 0) is 4.74 Å². The lowest BCUT2D eigenvalue weighted by Gasteiger charge is -2.28. The lowest BCUT2D eigenvalue weighted by atomic mass is 10.1. The summed E-state index contributed by atoms with van der Waals surface area (Å²) in [6.07, 6.45) is 0.722. The third kappa shape index (κ3) is 3.55. The molecule has 1 saturated heterocycles. The van der Waals surface area contributed by atoms with Crippen LogP contribution in [0, 0.1) is 5.92 Å². The van der Waals surface area contributed by atoms with Crippen molar-refractivity contribution in [3.63, 3.8) is 0 Å². The summed E-state index contributed by atoms with van der Waals surface area (Å²) in [5.74, 6) is 0.464. The van der Waals surface area contributed by atoms with Crippen LogP contribution in [0.5, 0.6) is 0 Å². The second-order valence-electron chi connectivity index (χ2n) is 7.45. The van der Waals surface area contributed by atoms with Gasteiger partial charge in [0.05, 0.1) is 6.04 Å². The van der Waals surface area contributed by atoms with Crippen molar-refractivity contribution in [3.8, 4) is 0 Å². The largest absolute Gasteiger partial charge is 0.444 e. The first-order valence-electron chi connectivity index (χ1n) is 8.01. The van der Waals surface area contributed by atoms with Gasteiger partial charge in [0.15, 0.2) is 0 Å². The van der Waals surface area contributed by atoms with Crippen molar-refractivity contribution >= 4 is 32.9 Å². The fourth-order valence-electron chi connectivity index (χ4n) is 3.16. The molecule has 0 spiro atoms. The summed E-state index contributed by atoms with van der Waals surface area (Å²) in [7, 11) is 0. The normalized spacial score (nSPS) is 21.9. The van der Waals surface area contributed by atoms with E-state index in [9.17, 15) is 4.79 Å². The molecule has 0 bridgehead atoms. The molecule has 0 aliphatic carbocycles. The summed E-state index contributed by atoms with van der Waals surface area (Å²) >= 11 is 3.50. The fourth-order valence-corrected chi connectivity index (χ4v) is 3.53. The minimum atomic E-state index is -0.473. The van der Waals surface area contributed by atoms with Crippen LogP contribution in [0.15, 0.2) is 28.7 Å². The van der Waals surface area contributed by atoms with Crippen LogP contribution < -0.4 is 0 Å². The lowest BCUT2D eigenvalue weighted by Crippen LogP contribution is -2.36. The Hall–Kier alpha value is -1.49. The van der Waals surface area contributed by atoms with Crippen LogP contribution in [-0.4, -0.2) is 28.1 Å². The zero-order chi connectivity index (χ0) is 16.8. The molecule has 3 rings (SSSR count). The van der Waals surface area contributed by atoms with Crippen molar-refractivity contribution in [1.29, 1.82) is 0 Å². The number of fused-ring (bicyclic) bond motifs is 1. The van der Waals surface area contributed by atoms with E-state index in [2.05, 4.69) is 46.0 Å². The maximum atomic E-state index is 12.5. The number of aromatic nitrogens is 1. The number of H-pyrrole nitrogens is 1. The molecule has 1 amide bonds. The number of rotatable bonds is 1. The van der Waals surface area contributed by atoms with Crippen molar-refractivity contribution in [2.75, 3.05) is 6.54 Å². The van der Waals surface area contributed by atoms with Crippen LogP contribution >= 0.6 is 15.9 Å². The van der Waals surface area contributed by atoms with Crippen LogP contribution in [0.3, 0.4) is 0 Å².